The van der Waals surface area contributed by atoms with Gasteiger partial charge in [0.05, 0.1) is 0 Å². The van der Waals surface area contributed by atoms with E-state index >= 15 is 0 Å². The Balaban J connectivity index is 1.62. The number of imide groups is 1. The van der Waals surface area contributed by atoms with Gasteiger partial charge in [-0.05, 0) is 0 Å². The Kier molecular flexibility index (Phi) is 4.15. The van der Waals surface area contributed by atoms with E-state index in [1.165, 1.54) is 8.92 Å². The fourth-order valence-corrected chi connectivity index (χ4v) is 5.35. The molecular formula is C19H16N2O3Se. The summed E-state index contributed by atoms with van der Waals surface area (Å²) in [6.07, 6.45) is 0.668. The van der Waals surface area contributed by atoms with E-state index in [9.17, 15) is 14.4 Å². The molecule has 0 spiro atoms. The fourth-order valence-electron chi connectivity index (χ4n) is 3.27. The molecule has 2 heterocycles. The number of benzene rings is 2. The van der Waals surface area contributed by atoms with Crippen molar-refractivity contribution >= 4 is 41.6 Å². The molecule has 2 aliphatic rings. The number of hydrogen-bond acceptors (Lipinski definition) is 3. The Morgan fingerprint density at radius 2 is 1.80 bits per heavy atom. The molecule has 25 heavy (non-hydrogen) atoms. The zero-order chi connectivity index (χ0) is 17.4. The van der Waals surface area contributed by atoms with Crippen LogP contribution < -0.4 is 14.2 Å². The summed E-state index contributed by atoms with van der Waals surface area (Å²) < 4.78 is 2.41. The third kappa shape index (κ3) is 2.99. The Morgan fingerprint density at radius 3 is 2.56 bits per heavy atom. The van der Waals surface area contributed by atoms with Crippen LogP contribution in [0.5, 0.6) is 0 Å². The van der Waals surface area contributed by atoms with Crippen LogP contribution in [-0.2, 0) is 16.1 Å². The summed E-state index contributed by atoms with van der Waals surface area (Å²) in [5.74, 6) is -0.749. The van der Waals surface area contributed by atoms with E-state index in [1.54, 1.807) is 4.90 Å². The van der Waals surface area contributed by atoms with Crippen molar-refractivity contribution in [2.24, 2.45) is 0 Å². The zero-order valence-electron chi connectivity index (χ0n) is 13.4. The van der Waals surface area contributed by atoms with E-state index < -0.39 is 6.04 Å². The summed E-state index contributed by atoms with van der Waals surface area (Å²) in [5.41, 5.74) is 1.70. The molecule has 0 bridgehead atoms. The van der Waals surface area contributed by atoms with Gasteiger partial charge < -0.3 is 0 Å². The van der Waals surface area contributed by atoms with E-state index in [4.69, 9.17) is 0 Å². The Hall–Kier alpha value is -2.43. The first-order chi connectivity index (χ1) is 12.1. The molecule has 1 fully saturated rings. The minimum absolute atomic E-state index is 0.105. The van der Waals surface area contributed by atoms with Crippen LogP contribution in [-0.4, -0.2) is 43.6 Å². The van der Waals surface area contributed by atoms with Crippen molar-refractivity contribution in [3.8, 4) is 0 Å². The molecule has 3 amide bonds. The molecular weight excluding hydrogens is 383 g/mol. The standard InChI is InChI=1S/C19H16N2O3Se/c22-17-10-9-15(18(23)20-17)21-11-14-13(19(21)24)7-4-8-16(14)25-12-5-2-1-3-6-12/h1-8,15H,9-11H2,(H,20,22,23). The number of nitrogens with zero attached hydrogens (tertiary/aromatic N) is 1. The number of nitrogens with one attached hydrogen (secondary N) is 1. The van der Waals surface area contributed by atoms with Crippen LogP contribution in [0.1, 0.15) is 28.8 Å². The quantitative estimate of drug-likeness (QED) is 0.588. The van der Waals surface area contributed by atoms with Crippen LogP contribution in [0, 0.1) is 0 Å². The van der Waals surface area contributed by atoms with Crippen molar-refractivity contribution in [2.45, 2.75) is 25.4 Å². The summed E-state index contributed by atoms with van der Waals surface area (Å²) >= 11 is 0.105. The molecule has 1 N–H and O–H groups in total. The predicted molar refractivity (Wildman–Crippen MR) is 94.0 cm³/mol. The summed E-state index contributed by atoms with van der Waals surface area (Å²) in [6, 6.07) is 15.4. The molecule has 126 valence electrons. The molecule has 2 aromatic rings. The van der Waals surface area contributed by atoms with E-state index in [1.807, 2.05) is 30.3 Å². The van der Waals surface area contributed by atoms with Gasteiger partial charge in [-0.2, -0.15) is 0 Å². The summed E-state index contributed by atoms with van der Waals surface area (Å²) in [4.78, 5) is 37.9. The van der Waals surface area contributed by atoms with E-state index in [-0.39, 0.29) is 39.1 Å². The number of amides is 3. The number of carbonyl (C=O) groups is 3. The second-order valence-corrected chi connectivity index (χ2v) is 8.44. The number of hydrogen-bond donors (Lipinski definition) is 1. The molecule has 1 saturated heterocycles. The Labute approximate surface area is 151 Å². The molecule has 5 nitrogen and oxygen atoms in total. The predicted octanol–water partition coefficient (Wildman–Crippen LogP) is 0.103. The first-order valence-electron chi connectivity index (χ1n) is 8.13. The third-order valence-electron chi connectivity index (χ3n) is 4.51. The van der Waals surface area contributed by atoms with E-state index in [0.29, 0.717) is 18.5 Å². The molecule has 4 rings (SSSR count). The van der Waals surface area contributed by atoms with Gasteiger partial charge in [0, 0.05) is 0 Å². The second kappa shape index (κ2) is 6.47. The van der Waals surface area contributed by atoms with Crippen molar-refractivity contribution in [2.75, 3.05) is 0 Å². The van der Waals surface area contributed by atoms with Gasteiger partial charge in [0.25, 0.3) is 0 Å². The van der Waals surface area contributed by atoms with Crippen molar-refractivity contribution < 1.29 is 14.4 Å². The average molecular weight is 399 g/mol. The van der Waals surface area contributed by atoms with E-state index in [2.05, 4.69) is 23.5 Å². The topological polar surface area (TPSA) is 66.5 Å². The van der Waals surface area contributed by atoms with Crippen LogP contribution in [0.3, 0.4) is 0 Å². The first-order valence-corrected chi connectivity index (χ1v) is 9.84. The van der Waals surface area contributed by atoms with Crippen LogP contribution in [0.15, 0.2) is 48.5 Å². The third-order valence-corrected chi connectivity index (χ3v) is 6.84. The average Bonchev–Trinajstić information content (AvgIpc) is 2.94. The summed E-state index contributed by atoms with van der Waals surface area (Å²) in [5, 5.41) is 2.34. The Bertz CT molecular complexity index is 866. The maximum atomic E-state index is 12.8. The zero-order valence-corrected chi connectivity index (χ0v) is 15.1. The molecule has 1 unspecified atom stereocenters. The number of piperidine rings is 1. The van der Waals surface area contributed by atoms with Gasteiger partial charge in [0.15, 0.2) is 0 Å². The molecule has 0 aromatic heterocycles. The van der Waals surface area contributed by atoms with Crippen LogP contribution in [0.2, 0.25) is 0 Å². The van der Waals surface area contributed by atoms with Crippen LogP contribution >= 0.6 is 0 Å². The number of fused-ring (bicyclic) bond motifs is 1. The summed E-state index contributed by atoms with van der Waals surface area (Å²) in [6.45, 7) is 0.436. The molecule has 1 atom stereocenters. The van der Waals surface area contributed by atoms with Gasteiger partial charge in [-0.25, -0.2) is 0 Å². The van der Waals surface area contributed by atoms with Gasteiger partial charge in [-0.3, -0.25) is 0 Å². The van der Waals surface area contributed by atoms with Crippen molar-refractivity contribution in [3.05, 3.63) is 59.7 Å². The van der Waals surface area contributed by atoms with Crippen LogP contribution in [0.4, 0.5) is 0 Å². The molecule has 2 aliphatic heterocycles. The van der Waals surface area contributed by atoms with Crippen molar-refractivity contribution in [3.63, 3.8) is 0 Å². The molecule has 6 heteroatoms. The van der Waals surface area contributed by atoms with Gasteiger partial charge >= 0.3 is 151 Å². The second-order valence-electron chi connectivity index (χ2n) is 6.10. The molecule has 2 aromatic carbocycles. The SMILES string of the molecule is O=C1CCC(N2Cc3c([Se]c4ccccc4)cccc3C2=O)C(=O)N1. The van der Waals surface area contributed by atoms with Gasteiger partial charge in [0.1, 0.15) is 0 Å². The minimum atomic E-state index is -0.560. The summed E-state index contributed by atoms with van der Waals surface area (Å²) in [7, 11) is 0. The van der Waals surface area contributed by atoms with Crippen LogP contribution in [0.25, 0.3) is 0 Å². The van der Waals surface area contributed by atoms with Gasteiger partial charge in [-0.15, -0.1) is 0 Å². The first kappa shape index (κ1) is 16.1. The molecule has 0 aliphatic carbocycles. The number of carbonyl (C=O) groups excluding carboxylic acids is 3. The van der Waals surface area contributed by atoms with E-state index in [0.717, 1.165) is 5.56 Å². The maximum absolute atomic E-state index is 12.8. The Morgan fingerprint density at radius 1 is 1.00 bits per heavy atom. The van der Waals surface area contributed by atoms with Crippen molar-refractivity contribution in [1.82, 2.24) is 10.2 Å². The fraction of sp³-hybridized carbons (Fsp3) is 0.211. The van der Waals surface area contributed by atoms with Gasteiger partial charge in [-0.1, -0.05) is 0 Å². The monoisotopic (exact) mass is 400 g/mol. The van der Waals surface area contributed by atoms with Crippen molar-refractivity contribution in [1.29, 1.82) is 0 Å². The number of rotatable bonds is 3. The normalized spacial score (nSPS) is 19.8. The molecule has 0 saturated carbocycles. The molecule has 0 radical (unpaired) electrons. The van der Waals surface area contributed by atoms with Gasteiger partial charge in [0.2, 0.25) is 0 Å².